The monoisotopic (exact) mass is 138 g/mol. The van der Waals surface area contributed by atoms with Crippen LogP contribution in [0.15, 0.2) is 11.8 Å². The molecule has 52 valence electrons. The molecular weight excluding hydrogens is 132 g/mol. The second-order valence-corrected chi connectivity index (χ2v) is 1.24. The van der Waals surface area contributed by atoms with Gasteiger partial charge in [-0.25, -0.2) is 0 Å². The van der Waals surface area contributed by atoms with Gasteiger partial charge in [0, 0.05) is 0 Å². The third-order valence-corrected chi connectivity index (χ3v) is 0.765. The molecule has 0 fully saturated rings. The highest BCUT2D eigenvalue weighted by Crippen LogP contribution is 2.08. The normalized spacial score (nSPS) is 6.80. The van der Waals surface area contributed by atoms with Crippen LogP contribution < -0.4 is 0 Å². The maximum atomic E-state index is 6.49. The predicted molar refractivity (Wildman–Crippen MR) is 34.2 cm³/mol. The minimum Gasteiger partial charge on any atom is -0.471 e. The van der Waals surface area contributed by atoms with Gasteiger partial charge in [0.2, 0.25) is 0 Å². The highest BCUT2D eigenvalue weighted by Gasteiger charge is 2.15. The van der Waals surface area contributed by atoms with E-state index in [0.717, 1.165) is 0 Å². The first-order valence-corrected chi connectivity index (χ1v) is 2.37. The van der Waals surface area contributed by atoms with Crippen molar-refractivity contribution in [1.82, 2.24) is 0 Å². The second kappa shape index (κ2) is 4.22. The van der Waals surface area contributed by atoms with Gasteiger partial charge in [-0.15, -0.1) is 9.69 Å². The Morgan fingerprint density at radius 3 is 1.60 bits per heavy atom. The molecular formula is C6H6N2O2. The molecule has 0 saturated heterocycles. The summed E-state index contributed by atoms with van der Waals surface area (Å²) in [4.78, 5) is 5.75. The smallest absolute Gasteiger partial charge is 0.471 e. The second-order valence-electron chi connectivity index (χ2n) is 1.24. The molecule has 0 aliphatic carbocycles. The van der Waals surface area contributed by atoms with E-state index in [-0.39, 0.29) is 11.8 Å². The summed E-state index contributed by atoms with van der Waals surface area (Å²) in [7, 11) is 2.68. The minimum absolute atomic E-state index is 0.0370. The van der Waals surface area contributed by atoms with Gasteiger partial charge in [0.15, 0.2) is 0 Å². The van der Waals surface area contributed by atoms with Gasteiger partial charge in [0.1, 0.15) is 13.1 Å². The summed E-state index contributed by atoms with van der Waals surface area (Å²) < 4.78 is 9.15. The molecule has 0 unspecified atom stereocenters. The van der Waals surface area contributed by atoms with Gasteiger partial charge in [-0.05, 0) is 0 Å². The fourth-order valence-electron chi connectivity index (χ4n) is 0.382. The van der Waals surface area contributed by atoms with E-state index in [9.17, 15) is 0 Å². The molecule has 0 rings (SSSR count). The predicted octanol–water partition coefficient (Wildman–Crippen LogP) is 1.24. The van der Waals surface area contributed by atoms with Gasteiger partial charge < -0.3 is 9.47 Å². The molecule has 0 aromatic heterocycles. The maximum Gasteiger partial charge on any atom is 0.599 e. The summed E-state index contributed by atoms with van der Waals surface area (Å²) in [5.74, 6) is -0.227. The van der Waals surface area contributed by atoms with Crippen LogP contribution in [0, 0.1) is 13.1 Å². The molecule has 0 aromatic carbocycles. The number of methoxy groups -OCH3 is 2. The largest absolute Gasteiger partial charge is 0.599 e. The van der Waals surface area contributed by atoms with Crippen molar-refractivity contribution >= 4 is 0 Å². The third-order valence-electron chi connectivity index (χ3n) is 0.765. The molecule has 4 heteroatoms. The molecule has 0 N–H and O–H groups in total. The topological polar surface area (TPSA) is 27.2 Å². The summed E-state index contributed by atoms with van der Waals surface area (Å²) >= 11 is 0. The van der Waals surface area contributed by atoms with Crippen LogP contribution >= 0.6 is 0 Å². The van der Waals surface area contributed by atoms with Gasteiger partial charge in [0.05, 0.1) is 14.2 Å². The molecule has 10 heavy (non-hydrogen) atoms. The van der Waals surface area contributed by atoms with Crippen LogP contribution in [0.2, 0.25) is 0 Å². The molecule has 0 aromatic rings. The van der Waals surface area contributed by atoms with Crippen LogP contribution in [0.3, 0.4) is 0 Å². The van der Waals surface area contributed by atoms with Crippen LogP contribution in [0.4, 0.5) is 0 Å². The first-order chi connectivity index (χ1) is 4.79. The molecule has 0 amide bonds. The summed E-state index contributed by atoms with van der Waals surface area (Å²) in [5.41, 5.74) is 0. The van der Waals surface area contributed by atoms with E-state index in [1.54, 1.807) is 0 Å². The fourth-order valence-corrected chi connectivity index (χ4v) is 0.382. The van der Waals surface area contributed by atoms with Crippen molar-refractivity contribution in [1.29, 1.82) is 0 Å². The van der Waals surface area contributed by atoms with E-state index in [1.807, 2.05) is 0 Å². The lowest BCUT2D eigenvalue weighted by Gasteiger charge is -1.97. The molecule has 0 aliphatic heterocycles. The standard InChI is InChI=1S/C6H6N2O2/c1-7-5(8-2)6(9-3)10-4/h3-4H3. The number of rotatable bonds is 2. The van der Waals surface area contributed by atoms with E-state index >= 15 is 0 Å². The Labute approximate surface area is 59.3 Å². The van der Waals surface area contributed by atoms with Crippen molar-refractivity contribution in [3.8, 4) is 0 Å². The molecule has 0 radical (unpaired) electrons. The van der Waals surface area contributed by atoms with Crippen molar-refractivity contribution in [2.24, 2.45) is 0 Å². The molecule has 0 bridgehead atoms. The average molecular weight is 138 g/mol. The van der Waals surface area contributed by atoms with E-state index in [2.05, 4.69) is 19.2 Å². The van der Waals surface area contributed by atoms with Gasteiger partial charge in [-0.3, -0.25) is 0 Å². The van der Waals surface area contributed by atoms with Crippen LogP contribution in [-0.4, -0.2) is 14.2 Å². The number of nitrogens with zero attached hydrogens (tertiary/aromatic N) is 2. The summed E-state index contributed by atoms with van der Waals surface area (Å²) in [6.07, 6.45) is 0. The van der Waals surface area contributed by atoms with E-state index in [0.29, 0.717) is 0 Å². The van der Waals surface area contributed by atoms with E-state index < -0.39 is 0 Å². The Balaban J connectivity index is 4.62. The molecule has 0 atom stereocenters. The number of hydrogen-bond acceptors (Lipinski definition) is 2. The Morgan fingerprint density at radius 1 is 1.10 bits per heavy atom. The van der Waals surface area contributed by atoms with Crippen molar-refractivity contribution < 1.29 is 9.47 Å². The first-order valence-electron chi connectivity index (χ1n) is 2.37. The van der Waals surface area contributed by atoms with Crippen molar-refractivity contribution in [2.45, 2.75) is 0 Å². The highest BCUT2D eigenvalue weighted by molar-refractivity contribution is 5.18. The van der Waals surface area contributed by atoms with Gasteiger partial charge in [-0.1, -0.05) is 0 Å². The maximum absolute atomic E-state index is 6.49. The van der Waals surface area contributed by atoms with Crippen molar-refractivity contribution in [2.75, 3.05) is 14.2 Å². The Kier molecular flexibility index (Phi) is 3.51. The Morgan fingerprint density at radius 2 is 1.50 bits per heavy atom. The van der Waals surface area contributed by atoms with E-state index in [4.69, 9.17) is 13.1 Å². The summed E-state index contributed by atoms with van der Waals surface area (Å²) in [6, 6.07) is 0. The van der Waals surface area contributed by atoms with Crippen molar-refractivity contribution in [3.05, 3.63) is 34.6 Å². The molecule has 0 aliphatic rings. The first kappa shape index (κ1) is 8.32. The van der Waals surface area contributed by atoms with E-state index in [1.165, 1.54) is 14.2 Å². The van der Waals surface area contributed by atoms with Gasteiger partial charge >= 0.3 is 11.8 Å². The zero-order chi connectivity index (χ0) is 7.98. The van der Waals surface area contributed by atoms with Crippen LogP contribution in [-0.2, 0) is 9.47 Å². The third kappa shape index (κ3) is 1.68. The molecule has 0 heterocycles. The Hall–Kier alpha value is -1.68. The fraction of sp³-hybridized carbons (Fsp3) is 0.333. The Bertz CT molecular complexity index is 197. The van der Waals surface area contributed by atoms with Gasteiger partial charge in [0.25, 0.3) is 0 Å². The SMILES string of the molecule is [C-]#[N+]C([N+]#[C-])=C(OC)OC. The summed E-state index contributed by atoms with van der Waals surface area (Å²) in [5, 5.41) is 0. The van der Waals surface area contributed by atoms with Gasteiger partial charge in [-0.2, -0.15) is 0 Å². The lowest BCUT2D eigenvalue weighted by Crippen LogP contribution is -1.91. The lowest BCUT2D eigenvalue weighted by atomic mass is 10.7. The average Bonchev–Trinajstić information content (AvgIpc) is 2.00. The quantitative estimate of drug-likeness (QED) is 0.424. The summed E-state index contributed by atoms with van der Waals surface area (Å²) in [6.45, 7) is 13.0. The zero-order valence-corrected chi connectivity index (χ0v) is 5.71. The zero-order valence-electron chi connectivity index (χ0n) is 5.71. The molecule has 0 spiro atoms. The lowest BCUT2D eigenvalue weighted by molar-refractivity contribution is 0.0929. The number of ether oxygens (including phenoxy) is 2. The molecule has 0 saturated carbocycles. The van der Waals surface area contributed by atoms with Crippen LogP contribution in [0.25, 0.3) is 9.69 Å². The number of hydrogen-bond donors (Lipinski definition) is 0. The minimum atomic E-state index is -0.190. The van der Waals surface area contributed by atoms with Crippen LogP contribution in [0.1, 0.15) is 0 Å². The highest BCUT2D eigenvalue weighted by atomic mass is 16.7. The van der Waals surface area contributed by atoms with Crippen molar-refractivity contribution in [3.63, 3.8) is 0 Å². The molecule has 4 nitrogen and oxygen atoms in total. The van der Waals surface area contributed by atoms with Crippen LogP contribution in [0.5, 0.6) is 0 Å².